The first-order chi connectivity index (χ1) is 14.3. The van der Waals surface area contributed by atoms with Gasteiger partial charge < -0.3 is 19.5 Å². The van der Waals surface area contributed by atoms with Crippen LogP contribution in [0.2, 0.25) is 0 Å². The van der Waals surface area contributed by atoms with Gasteiger partial charge in [-0.2, -0.15) is 4.31 Å². The van der Waals surface area contributed by atoms with Gasteiger partial charge in [-0.1, -0.05) is 0 Å². The van der Waals surface area contributed by atoms with E-state index in [0.29, 0.717) is 30.0 Å². The van der Waals surface area contributed by atoms with Gasteiger partial charge in [-0.05, 0) is 45.7 Å². The van der Waals surface area contributed by atoms with Gasteiger partial charge in [0.1, 0.15) is 16.2 Å². The second-order valence-corrected chi connectivity index (χ2v) is 9.17. The Labute approximate surface area is 175 Å². The lowest BCUT2D eigenvalue weighted by atomic mass is 9.99. The summed E-state index contributed by atoms with van der Waals surface area (Å²) in [5.74, 6) is -0.752. The van der Waals surface area contributed by atoms with Gasteiger partial charge in [0, 0.05) is 24.5 Å². The quantitative estimate of drug-likeness (QED) is 0.640. The highest BCUT2D eigenvalue weighted by molar-refractivity contribution is 7.89. The smallest absolute Gasteiger partial charge is 0.341 e. The Morgan fingerprint density at radius 3 is 2.77 bits per heavy atom. The number of furan rings is 1. The third kappa shape index (κ3) is 4.44. The summed E-state index contributed by atoms with van der Waals surface area (Å²) in [5.41, 5.74) is 0.841. The number of aryl methyl sites for hydroxylation is 2. The Bertz CT molecular complexity index is 1010. The third-order valence-electron chi connectivity index (χ3n) is 5.17. The summed E-state index contributed by atoms with van der Waals surface area (Å²) in [6, 6.07) is 3.49. The highest BCUT2D eigenvalue weighted by Crippen LogP contribution is 2.30. The molecule has 0 unspecified atom stereocenters. The standard InChI is InChI=1S/C20H27N3O6S/c1-4-28-20(25)17-13(2)22-14(3)18(17)30(26,27)23-9-5-7-15(12-23)19(24)21-11-16-8-6-10-29-16/h6,8,10,15,22H,4-5,7,9,11-12H2,1-3H3,(H,21,24)/t15-/m0/s1. The number of hydrogen-bond donors (Lipinski definition) is 2. The number of carbonyl (C=O) groups excluding carboxylic acids is 2. The molecule has 1 amide bonds. The maximum Gasteiger partial charge on any atom is 0.341 e. The average Bonchev–Trinajstić information content (AvgIpc) is 3.33. The Hall–Kier alpha value is -2.59. The minimum Gasteiger partial charge on any atom is -0.467 e. The number of piperidine rings is 1. The van der Waals surface area contributed by atoms with Crippen molar-refractivity contribution >= 4 is 21.9 Å². The molecule has 9 nitrogen and oxygen atoms in total. The van der Waals surface area contributed by atoms with Crippen LogP contribution in [-0.4, -0.2) is 49.3 Å². The molecule has 1 aliphatic rings. The van der Waals surface area contributed by atoms with Gasteiger partial charge in [-0.15, -0.1) is 0 Å². The lowest BCUT2D eigenvalue weighted by molar-refractivity contribution is -0.126. The Morgan fingerprint density at radius 1 is 1.33 bits per heavy atom. The van der Waals surface area contributed by atoms with Gasteiger partial charge in [0.25, 0.3) is 0 Å². The first kappa shape index (κ1) is 22.1. The fourth-order valence-corrected chi connectivity index (χ4v) is 5.70. The van der Waals surface area contributed by atoms with Crippen LogP contribution < -0.4 is 5.32 Å². The molecule has 0 radical (unpaired) electrons. The molecular formula is C20H27N3O6S. The lowest BCUT2D eigenvalue weighted by Crippen LogP contribution is -2.45. The van der Waals surface area contributed by atoms with Crippen LogP contribution in [0.15, 0.2) is 27.7 Å². The molecule has 3 rings (SSSR count). The van der Waals surface area contributed by atoms with Crippen molar-refractivity contribution < 1.29 is 27.2 Å². The van der Waals surface area contributed by atoms with Crippen molar-refractivity contribution in [3.63, 3.8) is 0 Å². The van der Waals surface area contributed by atoms with Crippen LogP contribution in [0, 0.1) is 19.8 Å². The van der Waals surface area contributed by atoms with Crippen LogP contribution >= 0.6 is 0 Å². The van der Waals surface area contributed by atoms with E-state index in [2.05, 4.69) is 10.3 Å². The molecule has 1 fully saturated rings. The third-order valence-corrected chi connectivity index (χ3v) is 7.20. The van der Waals surface area contributed by atoms with Crippen LogP contribution in [0.1, 0.15) is 47.3 Å². The number of aromatic amines is 1. The van der Waals surface area contributed by atoms with E-state index in [1.165, 1.54) is 10.6 Å². The lowest BCUT2D eigenvalue weighted by Gasteiger charge is -2.31. The molecule has 3 heterocycles. The molecular weight excluding hydrogens is 410 g/mol. The molecule has 1 saturated heterocycles. The average molecular weight is 438 g/mol. The maximum absolute atomic E-state index is 13.4. The number of amides is 1. The molecule has 2 aromatic rings. The van der Waals surface area contributed by atoms with Crippen molar-refractivity contribution in [2.24, 2.45) is 5.92 Å². The summed E-state index contributed by atoms with van der Waals surface area (Å²) >= 11 is 0. The largest absolute Gasteiger partial charge is 0.467 e. The van der Waals surface area contributed by atoms with Crippen molar-refractivity contribution in [1.29, 1.82) is 0 Å². The normalized spacial score (nSPS) is 17.6. The number of ether oxygens (including phenoxy) is 1. The van der Waals surface area contributed by atoms with Gasteiger partial charge in [-0.25, -0.2) is 13.2 Å². The number of nitrogens with zero attached hydrogens (tertiary/aromatic N) is 1. The Kier molecular flexibility index (Phi) is 6.67. The fraction of sp³-hybridized carbons (Fsp3) is 0.500. The van der Waals surface area contributed by atoms with E-state index in [-0.39, 0.29) is 42.6 Å². The number of carbonyl (C=O) groups is 2. The number of nitrogens with one attached hydrogen (secondary N) is 2. The molecule has 0 spiro atoms. The minimum absolute atomic E-state index is 0.0266. The van der Waals surface area contributed by atoms with Crippen LogP contribution in [0.25, 0.3) is 0 Å². The summed E-state index contributed by atoms with van der Waals surface area (Å²) in [6.45, 7) is 5.65. The van der Waals surface area contributed by atoms with Gasteiger partial charge in [0.05, 0.1) is 25.3 Å². The van der Waals surface area contributed by atoms with Gasteiger partial charge in [0.15, 0.2) is 0 Å². The number of esters is 1. The van der Waals surface area contributed by atoms with Crippen LogP contribution in [0.5, 0.6) is 0 Å². The monoisotopic (exact) mass is 437 g/mol. The van der Waals surface area contributed by atoms with E-state index in [0.717, 1.165) is 0 Å². The van der Waals surface area contributed by atoms with Crippen LogP contribution in [0.4, 0.5) is 0 Å². The predicted molar refractivity (Wildman–Crippen MR) is 108 cm³/mol. The van der Waals surface area contributed by atoms with Gasteiger partial charge in [-0.3, -0.25) is 4.79 Å². The number of sulfonamides is 1. The second kappa shape index (κ2) is 9.05. The Morgan fingerprint density at radius 2 is 2.10 bits per heavy atom. The number of aromatic nitrogens is 1. The first-order valence-electron chi connectivity index (χ1n) is 9.92. The van der Waals surface area contributed by atoms with E-state index in [1.807, 2.05) is 0 Å². The van der Waals surface area contributed by atoms with Gasteiger partial charge >= 0.3 is 5.97 Å². The van der Waals surface area contributed by atoms with E-state index >= 15 is 0 Å². The summed E-state index contributed by atoms with van der Waals surface area (Å²) in [6.07, 6.45) is 2.67. The molecule has 1 aliphatic heterocycles. The first-order valence-corrected chi connectivity index (χ1v) is 11.4. The Balaban J connectivity index is 1.79. The molecule has 0 aliphatic carbocycles. The van der Waals surface area contributed by atoms with E-state index in [4.69, 9.17) is 9.15 Å². The molecule has 164 valence electrons. The molecule has 2 aromatic heterocycles. The fourth-order valence-electron chi connectivity index (χ4n) is 3.77. The summed E-state index contributed by atoms with van der Waals surface area (Å²) in [5, 5.41) is 2.79. The zero-order chi connectivity index (χ0) is 21.9. The number of rotatable bonds is 7. The zero-order valence-corrected chi connectivity index (χ0v) is 18.2. The SMILES string of the molecule is CCOC(=O)c1c(C)[nH]c(C)c1S(=O)(=O)N1CCC[C@H](C(=O)NCc2ccco2)C1. The topological polar surface area (TPSA) is 122 Å². The second-order valence-electron chi connectivity index (χ2n) is 7.30. The zero-order valence-electron chi connectivity index (χ0n) is 17.4. The summed E-state index contributed by atoms with van der Waals surface area (Å²) < 4.78 is 38.4. The number of hydrogen-bond acceptors (Lipinski definition) is 6. The van der Waals surface area contributed by atoms with Crippen molar-refractivity contribution in [3.05, 3.63) is 41.1 Å². The molecule has 10 heteroatoms. The van der Waals surface area contributed by atoms with Crippen molar-refractivity contribution in [1.82, 2.24) is 14.6 Å². The summed E-state index contributed by atoms with van der Waals surface area (Å²) in [7, 11) is -3.99. The van der Waals surface area contributed by atoms with E-state index in [9.17, 15) is 18.0 Å². The predicted octanol–water partition coefficient (Wildman–Crippen LogP) is 2.12. The minimum atomic E-state index is -3.99. The van der Waals surface area contributed by atoms with Gasteiger partial charge in [0.2, 0.25) is 15.9 Å². The molecule has 0 saturated carbocycles. The highest BCUT2D eigenvalue weighted by atomic mass is 32.2. The van der Waals surface area contributed by atoms with Crippen LogP contribution in [-0.2, 0) is 26.1 Å². The number of H-pyrrole nitrogens is 1. The van der Waals surface area contributed by atoms with E-state index < -0.39 is 21.9 Å². The maximum atomic E-state index is 13.4. The summed E-state index contributed by atoms with van der Waals surface area (Å²) in [4.78, 5) is 27.8. The molecule has 0 bridgehead atoms. The van der Waals surface area contributed by atoms with Crippen molar-refractivity contribution in [2.45, 2.75) is 45.1 Å². The van der Waals surface area contributed by atoms with E-state index in [1.54, 1.807) is 32.9 Å². The molecule has 0 aromatic carbocycles. The molecule has 2 N–H and O–H groups in total. The molecule has 30 heavy (non-hydrogen) atoms. The van der Waals surface area contributed by atoms with Crippen molar-refractivity contribution in [2.75, 3.05) is 19.7 Å². The van der Waals surface area contributed by atoms with Crippen molar-refractivity contribution in [3.8, 4) is 0 Å². The highest BCUT2D eigenvalue weighted by Gasteiger charge is 2.38. The van der Waals surface area contributed by atoms with Crippen LogP contribution in [0.3, 0.4) is 0 Å². The molecule has 1 atom stereocenters.